The van der Waals surface area contributed by atoms with Gasteiger partial charge in [0.15, 0.2) is 54.6 Å². The van der Waals surface area contributed by atoms with E-state index < -0.39 is 81.9 Å². The number of pyridine rings is 3. The van der Waals surface area contributed by atoms with Gasteiger partial charge >= 0.3 is 26.1 Å². The van der Waals surface area contributed by atoms with Crippen LogP contribution in [0.4, 0.5) is 45.0 Å². The van der Waals surface area contributed by atoms with Gasteiger partial charge < -0.3 is 14.2 Å². The largest absolute Gasteiger partial charge is 0.480 e. The van der Waals surface area contributed by atoms with Crippen LogP contribution in [-0.2, 0) is 52.5 Å². The molecule has 0 bridgehead atoms. The van der Waals surface area contributed by atoms with Crippen LogP contribution < -0.4 is 14.7 Å². The zero-order valence-electron chi connectivity index (χ0n) is 54.9. The molecule has 3 aromatic carbocycles. The summed E-state index contributed by atoms with van der Waals surface area (Å²) in [6.45, 7) is -1.81. The second kappa shape index (κ2) is 26.7. The van der Waals surface area contributed by atoms with Gasteiger partial charge in [-0.25, -0.2) is 104 Å². The third-order valence-corrected chi connectivity index (χ3v) is 19.0. The highest BCUT2D eigenvalue weighted by Gasteiger charge is 2.41. The quantitative estimate of drug-likeness (QED) is 0.0476. The SMILES string of the molecule is O=C1OCC(c2ccccn2)N1c1ccn2ncc(-c3ccc(-c4ncn(COP(=O)(OCn5cnc(-c6ccc(-c7cnn8ccc(N9C(=O)OCC9c9ccccn9)nc78)cc6F)n5)OCn5cnc(-c6ccc(-c7cnn8ccc(N9C(=O)OCC9c9ccccn9)nc78)cc6F)n5)n4)c(F)c3)c2n1. The third kappa shape index (κ3) is 12.2. The van der Waals surface area contributed by atoms with Crippen LogP contribution >= 0.6 is 7.82 Å². The average Bonchev–Trinajstić information content (AvgIpc) is 1.65. The van der Waals surface area contributed by atoms with Crippen LogP contribution in [0.15, 0.2) is 202 Å². The highest BCUT2D eigenvalue weighted by atomic mass is 31.2. The molecule has 34 nitrogen and oxygen atoms in total. The monoisotopic (exact) mass is 1460 g/mol. The second-order valence-corrected chi connectivity index (χ2v) is 25.8. The number of carbonyl (C=O) groups is 3. The molecule has 3 unspecified atom stereocenters. The third-order valence-electron chi connectivity index (χ3n) is 17.7. The van der Waals surface area contributed by atoms with Gasteiger partial charge in [-0.2, -0.15) is 15.3 Å². The van der Waals surface area contributed by atoms with Crippen LogP contribution in [-0.4, -0.2) is 141 Å². The van der Waals surface area contributed by atoms with Crippen molar-refractivity contribution in [2.24, 2.45) is 0 Å². The number of aromatic nitrogens is 21. The van der Waals surface area contributed by atoms with Crippen molar-refractivity contribution in [1.82, 2.24) is 103 Å². The Morgan fingerprint density at radius 2 is 0.720 bits per heavy atom. The van der Waals surface area contributed by atoms with Gasteiger partial charge in [0.05, 0.1) is 52.4 Å². The van der Waals surface area contributed by atoms with Crippen molar-refractivity contribution in [3.05, 3.63) is 237 Å². The topological polar surface area (TPSA) is 355 Å². The first-order chi connectivity index (χ1) is 52.3. The Balaban J connectivity index is 0.586. The Hall–Kier alpha value is -13.9. The predicted molar refractivity (Wildman–Crippen MR) is 365 cm³/mol. The van der Waals surface area contributed by atoms with E-state index in [1.54, 1.807) is 128 Å². The Kier molecular flexibility index (Phi) is 16.3. The lowest BCUT2D eigenvalue weighted by Crippen LogP contribution is -2.28. The summed E-state index contributed by atoms with van der Waals surface area (Å²) >= 11 is 0. The summed E-state index contributed by atoms with van der Waals surface area (Å²) in [6, 6.07) is 32.3. The van der Waals surface area contributed by atoms with E-state index >= 15 is 13.2 Å². The number of hydrogen-bond donors (Lipinski definition) is 0. The van der Waals surface area contributed by atoms with Crippen LogP contribution in [0.5, 0.6) is 0 Å². The highest BCUT2D eigenvalue weighted by Crippen LogP contribution is 2.51. The fourth-order valence-corrected chi connectivity index (χ4v) is 13.5. The molecule has 0 radical (unpaired) electrons. The highest BCUT2D eigenvalue weighted by molar-refractivity contribution is 7.48. The Morgan fingerprint density at radius 3 is 1.01 bits per heavy atom. The van der Waals surface area contributed by atoms with E-state index in [1.807, 2.05) is 0 Å². The molecule has 0 saturated carbocycles. The minimum Gasteiger partial charge on any atom is -0.446 e. The van der Waals surface area contributed by atoms with Crippen molar-refractivity contribution >= 4 is 60.5 Å². The van der Waals surface area contributed by atoms with Crippen molar-refractivity contribution in [2.75, 3.05) is 34.5 Å². The lowest BCUT2D eigenvalue weighted by Gasteiger charge is -2.20. The number of benzene rings is 3. The molecule has 18 rings (SSSR count). The van der Waals surface area contributed by atoms with Gasteiger partial charge in [0.25, 0.3) is 0 Å². The van der Waals surface area contributed by atoms with E-state index in [0.29, 0.717) is 67.4 Å². The molecule has 3 atom stereocenters. The molecule has 3 aliphatic rings. The maximum absolute atomic E-state index is 16.4. The molecule has 15 heterocycles. The molecule has 15 aromatic rings. The van der Waals surface area contributed by atoms with E-state index in [1.165, 1.54) is 102 Å². The first-order valence-corrected chi connectivity index (χ1v) is 34.0. The summed E-state index contributed by atoms with van der Waals surface area (Å²) in [4.78, 5) is 83.8. The first-order valence-electron chi connectivity index (χ1n) is 32.6. The van der Waals surface area contributed by atoms with Crippen molar-refractivity contribution < 1.29 is 59.9 Å². The number of hydrogen-bond acceptors (Lipinski definition) is 25. The summed E-state index contributed by atoms with van der Waals surface area (Å²) in [5.41, 5.74) is 5.15. The van der Waals surface area contributed by atoms with Crippen molar-refractivity contribution in [3.63, 3.8) is 0 Å². The molecule has 38 heteroatoms. The number of fused-ring (bicyclic) bond motifs is 3. The molecule has 12 aromatic heterocycles. The van der Waals surface area contributed by atoms with Crippen LogP contribution in [0.25, 0.3) is 84.5 Å². The molecule has 530 valence electrons. The number of amides is 3. The Bertz CT molecular complexity index is 5450. The first kappa shape index (κ1) is 65.1. The number of cyclic esters (lactones) is 3. The standard InChI is InChI=1S/C69H48F3N24O10P/c70-49-25-40(46-28-79-91-22-16-58(82-64(46)91)94-55(31-101-67(94)97)52-7-1-4-19-73-52)10-13-43(49)61-76-34-88(85-61)37-104-107(100,105-38-89-35-77-62(86-89)44-14-11-41(26-50(44)71)47-29-80-92-23-17-59(83-65(47)92)95-56(32-102-68(95)98)53-8-2-5-20-74-53)106-39-90-36-78-63(87-90)45-15-12-42(27-51(45)72)48-30-81-93-24-18-60(84-66(48)93)96-57(33-103-69(96)99)54-9-3-6-21-75-54/h1-30,34-36,55-57H,31-33,37-39H2. The van der Waals surface area contributed by atoms with Crippen molar-refractivity contribution in [2.45, 2.75) is 38.3 Å². The Labute approximate surface area is 598 Å². The maximum Gasteiger partial charge on any atom is 0.480 e. The maximum atomic E-state index is 16.4. The molecule has 3 aliphatic heterocycles. The van der Waals surface area contributed by atoms with E-state index in [-0.39, 0.29) is 71.4 Å². The van der Waals surface area contributed by atoms with Crippen molar-refractivity contribution in [1.29, 1.82) is 0 Å². The molecule has 3 fully saturated rings. The number of phosphoric ester groups is 1. The predicted octanol–water partition coefficient (Wildman–Crippen LogP) is 10.7. The molecular weight excluding hydrogens is 1410 g/mol. The van der Waals surface area contributed by atoms with E-state index in [2.05, 4.69) is 60.5 Å². The van der Waals surface area contributed by atoms with E-state index in [4.69, 9.17) is 42.7 Å². The zero-order valence-corrected chi connectivity index (χ0v) is 55.8. The van der Waals surface area contributed by atoms with Crippen molar-refractivity contribution in [3.8, 4) is 67.5 Å². The summed E-state index contributed by atoms with van der Waals surface area (Å²) < 4.78 is 106. The molecule has 0 aliphatic carbocycles. The number of rotatable bonds is 21. The van der Waals surface area contributed by atoms with Crippen LogP contribution in [0.2, 0.25) is 0 Å². The summed E-state index contributed by atoms with van der Waals surface area (Å²) in [7, 11) is -4.82. The molecule has 0 N–H and O–H groups in total. The summed E-state index contributed by atoms with van der Waals surface area (Å²) in [6.07, 6.45) is 16.0. The summed E-state index contributed by atoms with van der Waals surface area (Å²) in [5, 5.41) is 26.4. The van der Waals surface area contributed by atoms with Gasteiger partial charge in [-0.05, 0) is 108 Å². The van der Waals surface area contributed by atoms with E-state index in [0.717, 1.165) is 14.0 Å². The average molecular weight is 1460 g/mol. The number of ether oxygens (including phenoxy) is 3. The smallest absolute Gasteiger partial charge is 0.446 e. The minimum absolute atomic E-state index is 0.0270. The van der Waals surface area contributed by atoms with Gasteiger partial charge in [0.2, 0.25) is 0 Å². The fourth-order valence-electron chi connectivity index (χ4n) is 12.5. The molecule has 0 spiro atoms. The molecule has 3 saturated heterocycles. The van der Waals surface area contributed by atoms with Crippen LogP contribution in [0, 0.1) is 17.5 Å². The Morgan fingerprint density at radius 1 is 0.402 bits per heavy atom. The van der Waals surface area contributed by atoms with Crippen LogP contribution in [0.1, 0.15) is 35.2 Å². The number of halogens is 3. The minimum atomic E-state index is -4.82. The van der Waals surface area contributed by atoms with Crippen LogP contribution in [0.3, 0.4) is 0 Å². The number of nitrogens with zero attached hydrogens (tertiary/aromatic N) is 24. The normalized spacial score (nSPS) is 16.5. The van der Waals surface area contributed by atoms with Gasteiger partial charge in [0, 0.05) is 53.9 Å². The number of carbonyl (C=O) groups excluding carboxylic acids is 3. The van der Waals surface area contributed by atoms with Gasteiger partial charge in [-0.3, -0.25) is 28.5 Å². The van der Waals surface area contributed by atoms with E-state index in [9.17, 15) is 18.9 Å². The zero-order chi connectivity index (χ0) is 72.4. The lowest BCUT2D eigenvalue weighted by molar-refractivity contribution is 0.0456. The number of anilines is 3. The second-order valence-electron chi connectivity index (χ2n) is 24.1. The van der Waals surface area contributed by atoms with Gasteiger partial charge in [-0.15, -0.1) is 15.3 Å². The fraction of sp³-hybridized carbons (Fsp3) is 0.130. The molecule has 107 heavy (non-hydrogen) atoms. The summed E-state index contributed by atoms with van der Waals surface area (Å²) in [5.74, 6) is -1.68. The molecule has 3 amide bonds. The lowest BCUT2D eigenvalue weighted by atomic mass is 10.1. The van der Waals surface area contributed by atoms with Gasteiger partial charge in [0.1, 0.15) is 91.8 Å². The number of phosphoric acid groups is 1. The molecular formula is C69H48F3N24O10P. The van der Waals surface area contributed by atoms with Gasteiger partial charge in [-0.1, -0.05) is 36.4 Å².